The van der Waals surface area contributed by atoms with Gasteiger partial charge in [0.25, 0.3) is 5.56 Å². The molecule has 0 atom stereocenters. The van der Waals surface area contributed by atoms with Crippen molar-refractivity contribution in [1.29, 1.82) is 0 Å². The van der Waals surface area contributed by atoms with Gasteiger partial charge >= 0.3 is 5.69 Å². The molecular formula is C14H24N4O3. The molecule has 0 unspecified atom stereocenters. The van der Waals surface area contributed by atoms with E-state index in [1.807, 2.05) is 6.92 Å². The fourth-order valence-corrected chi connectivity index (χ4v) is 2.85. The van der Waals surface area contributed by atoms with E-state index < -0.39 is 16.9 Å². The topological polar surface area (TPSA) is 102 Å². The molecule has 7 nitrogen and oxygen atoms in total. The highest BCUT2D eigenvalue weighted by Crippen LogP contribution is 2.29. The van der Waals surface area contributed by atoms with Gasteiger partial charge in [0.1, 0.15) is 11.5 Å². The van der Waals surface area contributed by atoms with Gasteiger partial charge < -0.3 is 16.2 Å². The highest BCUT2D eigenvalue weighted by Gasteiger charge is 2.31. The lowest BCUT2D eigenvalue weighted by Crippen LogP contribution is -2.42. The fraction of sp³-hybridized carbons (Fsp3) is 0.714. The lowest BCUT2D eigenvalue weighted by Gasteiger charge is -2.24. The Morgan fingerprint density at radius 2 is 1.95 bits per heavy atom. The summed E-state index contributed by atoms with van der Waals surface area (Å²) >= 11 is 0. The Morgan fingerprint density at radius 1 is 1.33 bits per heavy atom. The Labute approximate surface area is 123 Å². The summed E-state index contributed by atoms with van der Waals surface area (Å²) in [6, 6.07) is 0. The van der Waals surface area contributed by atoms with Crippen LogP contribution in [0, 0.1) is 0 Å². The number of nitrogens with two attached hydrogens (primary N) is 1. The molecule has 1 saturated carbocycles. The monoisotopic (exact) mass is 296 g/mol. The summed E-state index contributed by atoms with van der Waals surface area (Å²) in [5.74, 6) is 0.145. The second-order valence-electron chi connectivity index (χ2n) is 5.84. The van der Waals surface area contributed by atoms with Crippen LogP contribution in [-0.2, 0) is 13.6 Å². The van der Waals surface area contributed by atoms with Crippen molar-refractivity contribution in [2.24, 2.45) is 7.05 Å². The van der Waals surface area contributed by atoms with Gasteiger partial charge in [-0.05, 0) is 19.3 Å². The van der Waals surface area contributed by atoms with Crippen molar-refractivity contribution in [3.8, 4) is 0 Å². The maximum absolute atomic E-state index is 12.2. The van der Waals surface area contributed by atoms with Crippen LogP contribution in [0.2, 0.25) is 0 Å². The second-order valence-corrected chi connectivity index (χ2v) is 5.84. The minimum Gasteiger partial charge on any atom is -0.388 e. The molecular weight excluding hydrogens is 272 g/mol. The van der Waals surface area contributed by atoms with Crippen molar-refractivity contribution in [2.45, 2.75) is 51.2 Å². The van der Waals surface area contributed by atoms with E-state index in [9.17, 15) is 14.7 Å². The van der Waals surface area contributed by atoms with E-state index in [0.29, 0.717) is 6.54 Å². The Morgan fingerprint density at radius 3 is 2.52 bits per heavy atom. The van der Waals surface area contributed by atoms with Crippen molar-refractivity contribution in [2.75, 3.05) is 17.6 Å². The van der Waals surface area contributed by atoms with E-state index >= 15 is 0 Å². The second kappa shape index (κ2) is 5.93. The van der Waals surface area contributed by atoms with Gasteiger partial charge in [-0.25, -0.2) is 4.79 Å². The van der Waals surface area contributed by atoms with E-state index in [2.05, 4.69) is 5.32 Å². The molecule has 1 aliphatic rings. The molecule has 1 aromatic rings. The fourth-order valence-electron chi connectivity index (χ4n) is 2.85. The molecule has 0 bridgehead atoms. The van der Waals surface area contributed by atoms with Gasteiger partial charge in [0.2, 0.25) is 0 Å². The van der Waals surface area contributed by atoms with Crippen molar-refractivity contribution < 1.29 is 5.11 Å². The van der Waals surface area contributed by atoms with Crippen molar-refractivity contribution in [1.82, 2.24) is 9.13 Å². The molecule has 0 aromatic carbocycles. The first-order valence-electron chi connectivity index (χ1n) is 7.45. The lowest BCUT2D eigenvalue weighted by atomic mass is 10.0. The maximum atomic E-state index is 12.2. The third-order valence-electron chi connectivity index (χ3n) is 4.16. The van der Waals surface area contributed by atoms with Crippen LogP contribution in [0.3, 0.4) is 0 Å². The average molecular weight is 296 g/mol. The molecule has 1 aliphatic carbocycles. The third kappa shape index (κ3) is 2.97. The first-order valence-corrected chi connectivity index (χ1v) is 7.45. The molecule has 0 amide bonds. The number of aliphatic hydroxyl groups is 1. The molecule has 1 fully saturated rings. The van der Waals surface area contributed by atoms with E-state index in [-0.39, 0.29) is 18.1 Å². The van der Waals surface area contributed by atoms with Crippen LogP contribution < -0.4 is 22.3 Å². The number of nitrogen functional groups attached to an aromatic ring is 1. The van der Waals surface area contributed by atoms with Gasteiger partial charge in [0.15, 0.2) is 0 Å². The first kappa shape index (κ1) is 15.6. The molecule has 1 heterocycles. The minimum atomic E-state index is -0.789. The zero-order valence-electron chi connectivity index (χ0n) is 12.7. The molecule has 0 spiro atoms. The Bertz CT molecular complexity index is 626. The predicted octanol–water partition coefficient (Wildman–Crippen LogP) is 0.256. The maximum Gasteiger partial charge on any atom is 0.332 e. The minimum absolute atomic E-state index is 0.145. The summed E-state index contributed by atoms with van der Waals surface area (Å²) in [6.07, 6.45) is 4.15. The molecule has 21 heavy (non-hydrogen) atoms. The largest absolute Gasteiger partial charge is 0.388 e. The zero-order chi connectivity index (χ0) is 15.6. The molecule has 0 radical (unpaired) electrons. The summed E-state index contributed by atoms with van der Waals surface area (Å²) in [5.41, 5.74) is 4.52. The third-order valence-corrected chi connectivity index (χ3v) is 4.16. The number of nitrogens with zero attached hydrogens (tertiary/aromatic N) is 2. The number of hydrogen-bond acceptors (Lipinski definition) is 5. The van der Waals surface area contributed by atoms with Gasteiger partial charge in [0, 0.05) is 20.1 Å². The highest BCUT2D eigenvalue weighted by molar-refractivity contribution is 5.60. The van der Waals surface area contributed by atoms with Crippen LogP contribution in [0.4, 0.5) is 11.5 Å². The summed E-state index contributed by atoms with van der Waals surface area (Å²) in [7, 11) is 1.44. The number of rotatable bonds is 5. The van der Waals surface area contributed by atoms with Crippen molar-refractivity contribution in [3.63, 3.8) is 0 Å². The predicted molar refractivity (Wildman–Crippen MR) is 82.6 cm³/mol. The zero-order valence-corrected chi connectivity index (χ0v) is 12.7. The summed E-state index contributed by atoms with van der Waals surface area (Å²) in [5, 5.41) is 13.3. The summed E-state index contributed by atoms with van der Waals surface area (Å²) < 4.78 is 2.44. The average Bonchev–Trinajstić information content (AvgIpc) is 2.88. The molecule has 118 valence electrons. The Balaban J connectivity index is 2.34. The van der Waals surface area contributed by atoms with Crippen LogP contribution in [0.5, 0.6) is 0 Å². The Hall–Kier alpha value is -1.76. The first-order chi connectivity index (χ1) is 9.89. The molecule has 2 rings (SSSR count). The van der Waals surface area contributed by atoms with E-state index in [1.165, 1.54) is 11.6 Å². The van der Waals surface area contributed by atoms with Crippen molar-refractivity contribution >= 4 is 11.5 Å². The van der Waals surface area contributed by atoms with Crippen LogP contribution >= 0.6 is 0 Å². The van der Waals surface area contributed by atoms with E-state index in [0.717, 1.165) is 36.7 Å². The smallest absolute Gasteiger partial charge is 0.332 e. The highest BCUT2D eigenvalue weighted by atomic mass is 16.3. The molecule has 4 N–H and O–H groups in total. The quantitative estimate of drug-likeness (QED) is 0.723. The standard InChI is InChI=1S/C14H24N4O3/c1-3-8-18-11(15)10(12(19)17(2)13(18)20)16-9-14(21)6-4-5-7-14/h16,21H,3-9,15H2,1-2H3. The number of anilines is 2. The van der Waals surface area contributed by atoms with Gasteiger partial charge in [-0.15, -0.1) is 0 Å². The SMILES string of the molecule is CCCn1c(N)c(NCC2(O)CCCC2)c(=O)n(C)c1=O. The van der Waals surface area contributed by atoms with Crippen LogP contribution in [0.1, 0.15) is 39.0 Å². The number of nitrogens with one attached hydrogen (secondary N) is 1. The van der Waals surface area contributed by atoms with Crippen LogP contribution in [0.25, 0.3) is 0 Å². The number of aromatic nitrogens is 2. The Kier molecular flexibility index (Phi) is 4.41. The number of hydrogen-bond donors (Lipinski definition) is 3. The van der Waals surface area contributed by atoms with E-state index in [1.54, 1.807) is 0 Å². The molecule has 0 aliphatic heterocycles. The summed E-state index contributed by atoms with van der Waals surface area (Å²) in [6.45, 7) is 2.67. The van der Waals surface area contributed by atoms with Gasteiger partial charge in [-0.1, -0.05) is 19.8 Å². The van der Waals surface area contributed by atoms with Gasteiger partial charge in [0.05, 0.1) is 5.60 Å². The molecule has 7 heteroatoms. The van der Waals surface area contributed by atoms with Gasteiger partial charge in [-0.3, -0.25) is 13.9 Å². The van der Waals surface area contributed by atoms with Crippen LogP contribution in [-0.4, -0.2) is 26.4 Å². The van der Waals surface area contributed by atoms with Crippen LogP contribution in [0.15, 0.2) is 9.59 Å². The normalized spacial score (nSPS) is 17.1. The van der Waals surface area contributed by atoms with Crippen molar-refractivity contribution in [3.05, 3.63) is 20.8 Å². The molecule has 0 saturated heterocycles. The molecule has 1 aromatic heterocycles. The lowest BCUT2D eigenvalue weighted by molar-refractivity contribution is 0.0614. The summed E-state index contributed by atoms with van der Waals surface area (Å²) in [4.78, 5) is 24.2. The van der Waals surface area contributed by atoms with E-state index in [4.69, 9.17) is 5.73 Å². The van der Waals surface area contributed by atoms with Gasteiger partial charge in [-0.2, -0.15) is 0 Å².